The number of anilines is 1. The molecule has 3 aromatic rings. The van der Waals surface area contributed by atoms with Crippen LogP contribution in [0.5, 0.6) is 0 Å². The van der Waals surface area contributed by atoms with Gasteiger partial charge in [-0.2, -0.15) is 0 Å². The molecule has 1 amide bonds. The summed E-state index contributed by atoms with van der Waals surface area (Å²) < 4.78 is 5.49. The van der Waals surface area contributed by atoms with Crippen molar-refractivity contribution in [1.29, 1.82) is 0 Å². The first kappa shape index (κ1) is 21.9. The van der Waals surface area contributed by atoms with Crippen LogP contribution in [0.15, 0.2) is 54.7 Å². The lowest BCUT2D eigenvalue weighted by Crippen LogP contribution is -2.37. The van der Waals surface area contributed by atoms with Gasteiger partial charge in [-0.05, 0) is 55.7 Å². The van der Waals surface area contributed by atoms with E-state index in [0.717, 1.165) is 60.5 Å². The highest BCUT2D eigenvalue weighted by Crippen LogP contribution is 2.34. The van der Waals surface area contributed by atoms with Gasteiger partial charge in [0.1, 0.15) is 0 Å². The Morgan fingerprint density at radius 1 is 1.09 bits per heavy atom. The fourth-order valence-corrected chi connectivity index (χ4v) is 4.99. The van der Waals surface area contributed by atoms with Gasteiger partial charge in [0.2, 0.25) is 0 Å². The summed E-state index contributed by atoms with van der Waals surface area (Å²) in [5.74, 6) is 0.688. The van der Waals surface area contributed by atoms with Gasteiger partial charge in [0.15, 0.2) is 5.82 Å². The molecule has 170 valence electrons. The average Bonchev–Trinajstić information content (AvgIpc) is 3.35. The summed E-state index contributed by atoms with van der Waals surface area (Å²) in [4.78, 5) is 27.2. The highest BCUT2D eigenvalue weighted by molar-refractivity contribution is 6.30. The van der Waals surface area contributed by atoms with E-state index in [4.69, 9.17) is 21.3 Å². The predicted molar refractivity (Wildman–Crippen MR) is 130 cm³/mol. The second-order valence-corrected chi connectivity index (χ2v) is 8.96. The number of rotatable bonds is 4. The first-order valence-corrected chi connectivity index (χ1v) is 11.8. The highest BCUT2D eigenvalue weighted by Gasteiger charge is 2.33. The van der Waals surface area contributed by atoms with Gasteiger partial charge in [0, 0.05) is 47.7 Å². The van der Waals surface area contributed by atoms with Gasteiger partial charge in [-0.1, -0.05) is 29.8 Å². The van der Waals surface area contributed by atoms with Crippen molar-refractivity contribution in [2.75, 3.05) is 37.7 Å². The molecule has 0 N–H and O–H groups in total. The van der Waals surface area contributed by atoms with Crippen molar-refractivity contribution in [3.63, 3.8) is 0 Å². The van der Waals surface area contributed by atoms with E-state index in [1.807, 2.05) is 54.3 Å². The first-order chi connectivity index (χ1) is 16.1. The topological polar surface area (TPSA) is 58.6 Å². The van der Waals surface area contributed by atoms with Crippen LogP contribution in [0, 0.1) is 6.92 Å². The lowest BCUT2D eigenvalue weighted by molar-refractivity contribution is 0.0732. The predicted octanol–water partition coefficient (Wildman–Crippen LogP) is 4.92. The van der Waals surface area contributed by atoms with Crippen molar-refractivity contribution in [1.82, 2.24) is 14.9 Å². The number of ether oxygens (including phenoxy) is 1. The minimum Gasteiger partial charge on any atom is -0.378 e. The van der Waals surface area contributed by atoms with E-state index >= 15 is 0 Å². The molecule has 33 heavy (non-hydrogen) atoms. The number of carbonyl (C=O) groups excluding carboxylic acids is 1. The molecule has 5 rings (SSSR count). The van der Waals surface area contributed by atoms with Crippen LogP contribution in [-0.2, 0) is 4.74 Å². The molecule has 6 nitrogen and oxygen atoms in total. The summed E-state index contributed by atoms with van der Waals surface area (Å²) in [6, 6.07) is 15.4. The monoisotopic (exact) mass is 462 g/mol. The van der Waals surface area contributed by atoms with E-state index in [0.29, 0.717) is 24.1 Å². The van der Waals surface area contributed by atoms with Gasteiger partial charge in [-0.3, -0.25) is 4.79 Å². The van der Waals surface area contributed by atoms with E-state index in [1.165, 1.54) is 0 Å². The SMILES string of the molecule is Cc1c(C(=O)N2CCCC2c2ccnc(-c3cccc(Cl)c3)n2)cccc1N1CCOCC1. The molecule has 2 aliphatic heterocycles. The highest BCUT2D eigenvalue weighted by atomic mass is 35.5. The fourth-order valence-electron chi connectivity index (χ4n) is 4.80. The molecule has 7 heteroatoms. The van der Waals surface area contributed by atoms with Crippen LogP contribution in [0.4, 0.5) is 5.69 Å². The third-order valence-electron chi connectivity index (χ3n) is 6.50. The molecule has 0 spiro atoms. The molecular formula is C26H27ClN4O2. The van der Waals surface area contributed by atoms with E-state index in [1.54, 1.807) is 6.20 Å². The molecule has 3 heterocycles. The van der Waals surface area contributed by atoms with Crippen molar-refractivity contribution < 1.29 is 9.53 Å². The number of benzene rings is 2. The number of morpholine rings is 1. The van der Waals surface area contributed by atoms with Gasteiger partial charge in [0.05, 0.1) is 24.9 Å². The average molecular weight is 463 g/mol. The van der Waals surface area contributed by atoms with Gasteiger partial charge in [-0.15, -0.1) is 0 Å². The van der Waals surface area contributed by atoms with E-state index in [9.17, 15) is 4.79 Å². The Labute approximate surface area is 199 Å². The molecule has 1 atom stereocenters. The molecule has 0 radical (unpaired) electrons. The van der Waals surface area contributed by atoms with Gasteiger partial charge in [-0.25, -0.2) is 9.97 Å². The number of hydrogen-bond donors (Lipinski definition) is 0. The van der Waals surface area contributed by atoms with Crippen LogP contribution in [-0.4, -0.2) is 53.6 Å². The number of likely N-dealkylation sites (tertiary alicyclic amines) is 1. The van der Waals surface area contributed by atoms with Crippen molar-refractivity contribution in [2.45, 2.75) is 25.8 Å². The molecule has 2 aliphatic rings. The summed E-state index contributed by atoms with van der Waals surface area (Å²) in [6.45, 7) is 5.89. The largest absolute Gasteiger partial charge is 0.378 e. The molecule has 0 aliphatic carbocycles. The Hall–Kier alpha value is -2.96. The summed E-state index contributed by atoms with van der Waals surface area (Å²) >= 11 is 6.16. The number of halogens is 1. The Balaban J connectivity index is 1.43. The van der Waals surface area contributed by atoms with Crippen molar-refractivity contribution >= 4 is 23.2 Å². The zero-order valence-corrected chi connectivity index (χ0v) is 19.5. The third-order valence-corrected chi connectivity index (χ3v) is 6.74. The maximum atomic E-state index is 13.7. The Morgan fingerprint density at radius 2 is 1.91 bits per heavy atom. The molecule has 2 saturated heterocycles. The van der Waals surface area contributed by atoms with E-state index < -0.39 is 0 Å². The minimum atomic E-state index is -0.0649. The second kappa shape index (κ2) is 9.49. The Kier molecular flexibility index (Phi) is 6.29. The summed E-state index contributed by atoms with van der Waals surface area (Å²) in [6.07, 6.45) is 3.61. The van der Waals surface area contributed by atoms with Crippen molar-refractivity contribution in [3.05, 3.63) is 76.6 Å². The molecular weight excluding hydrogens is 436 g/mol. The first-order valence-electron chi connectivity index (χ1n) is 11.4. The van der Waals surface area contributed by atoms with Gasteiger partial charge >= 0.3 is 0 Å². The number of carbonyl (C=O) groups is 1. The smallest absolute Gasteiger partial charge is 0.254 e. The molecule has 0 bridgehead atoms. The lowest BCUT2D eigenvalue weighted by Gasteiger charge is -2.31. The van der Waals surface area contributed by atoms with Crippen LogP contribution in [0.3, 0.4) is 0 Å². The van der Waals surface area contributed by atoms with Gasteiger partial charge < -0.3 is 14.5 Å². The van der Waals surface area contributed by atoms with Crippen LogP contribution in [0.2, 0.25) is 5.02 Å². The van der Waals surface area contributed by atoms with Crippen LogP contribution in [0.25, 0.3) is 11.4 Å². The quantitative estimate of drug-likeness (QED) is 0.550. The van der Waals surface area contributed by atoms with Crippen LogP contribution < -0.4 is 4.90 Å². The van der Waals surface area contributed by atoms with Gasteiger partial charge in [0.25, 0.3) is 5.91 Å². The Bertz CT molecular complexity index is 1160. The zero-order chi connectivity index (χ0) is 22.8. The van der Waals surface area contributed by atoms with E-state index in [2.05, 4.69) is 16.0 Å². The summed E-state index contributed by atoms with van der Waals surface area (Å²) in [5, 5.41) is 0.648. The summed E-state index contributed by atoms with van der Waals surface area (Å²) in [7, 11) is 0. The summed E-state index contributed by atoms with van der Waals surface area (Å²) in [5.41, 5.74) is 4.64. The standard InChI is InChI=1S/C26H27ClN4O2/c1-18-21(7-3-8-23(18)30-13-15-33-16-14-30)26(32)31-12-4-9-24(31)22-10-11-28-25(29-22)19-5-2-6-20(27)17-19/h2-3,5-8,10-11,17,24H,4,9,12-16H2,1H3. The third kappa shape index (κ3) is 4.45. The minimum absolute atomic E-state index is 0.0630. The normalized spacial score (nSPS) is 18.5. The Morgan fingerprint density at radius 3 is 2.73 bits per heavy atom. The molecule has 1 unspecified atom stereocenters. The second-order valence-electron chi connectivity index (χ2n) is 8.52. The number of amides is 1. The lowest BCUT2D eigenvalue weighted by atomic mass is 10.0. The van der Waals surface area contributed by atoms with E-state index in [-0.39, 0.29) is 11.9 Å². The zero-order valence-electron chi connectivity index (χ0n) is 18.7. The number of nitrogens with zero attached hydrogens (tertiary/aromatic N) is 4. The maximum absolute atomic E-state index is 13.7. The fraction of sp³-hybridized carbons (Fsp3) is 0.346. The number of hydrogen-bond acceptors (Lipinski definition) is 5. The molecule has 2 fully saturated rings. The van der Waals surface area contributed by atoms with Crippen LogP contribution >= 0.6 is 11.6 Å². The molecule has 2 aromatic carbocycles. The number of aromatic nitrogens is 2. The van der Waals surface area contributed by atoms with Crippen molar-refractivity contribution in [3.8, 4) is 11.4 Å². The van der Waals surface area contributed by atoms with Crippen LogP contribution in [0.1, 0.15) is 40.5 Å². The maximum Gasteiger partial charge on any atom is 0.254 e. The van der Waals surface area contributed by atoms with Crippen molar-refractivity contribution in [2.24, 2.45) is 0 Å². The molecule has 0 saturated carbocycles. The molecule has 1 aromatic heterocycles.